The van der Waals surface area contributed by atoms with Crippen LogP contribution in [0.3, 0.4) is 0 Å². The number of hydrogen-bond acceptors (Lipinski definition) is 5. The second kappa shape index (κ2) is 5.26. The van der Waals surface area contributed by atoms with E-state index in [2.05, 4.69) is 20.6 Å². The highest BCUT2D eigenvalue weighted by Gasteiger charge is 2.30. The van der Waals surface area contributed by atoms with E-state index in [4.69, 9.17) is 4.74 Å². The number of ether oxygens (including phenoxy) is 1. The molecule has 2 saturated carbocycles. The minimum atomic E-state index is 0.278. The molecule has 2 aromatic rings. The Balaban J connectivity index is 1.59. The molecular weight excluding hydrogens is 266 g/mol. The summed E-state index contributed by atoms with van der Waals surface area (Å²) < 4.78 is 7.49. The van der Waals surface area contributed by atoms with E-state index in [0.717, 1.165) is 30.1 Å². The third kappa shape index (κ3) is 2.48. The molecule has 2 heterocycles. The standard InChI is InChI=1S/C15H21N5O/c1-21-12-5-3-2-4-11(12)16-13-8-9-14-17-18-15(10-6-7-10)20(14)19-13/h8-12H,2-7H2,1H3,(H,16,19)/t11-,12-/m1/s1. The van der Waals surface area contributed by atoms with Crippen molar-refractivity contribution in [3.63, 3.8) is 0 Å². The van der Waals surface area contributed by atoms with Gasteiger partial charge in [0.1, 0.15) is 5.82 Å². The van der Waals surface area contributed by atoms with Crippen molar-refractivity contribution in [3.05, 3.63) is 18.0 Å². The Kier molecular flexibility index (Phi) is 3.25. The number of fused-ring (bicyclic) bond motifs is 1. The lowest BCUT2D eigenvalue weighted by molar-refractivity contribution is 0.0605. The molecule has 0 aromatic carbocycles. The number of nitrogens with zero attached hydrogens (tertiary/aromatic N) is 4. The number of anilines is 1. The Hall–Kier alpha value is -1.69. The molecule has 2 aliphatic carbocycles. The van der Waals surface area contributed by atoms with Gasteiger partial charge < -0.3 is 10.1 Å². The van der Waals surface area contributed by atoms with Crippen LogP contribution in [0.15, 0.2) is 12.1 Å². The van der Waals surface area contributed by atoms with Gasteiger partial charge in [0.15, 0.2) is 11.5 Å². The number of methoxy groups -OCH3 is 1. The third-order valence-corrected chi connectivity index (χ3v) is 4.57. The van der Waals surface area contributed by atoms with Crippen LogP contribution in [0.25, 0.3) is 5.65 Å². The third-order valence-electron chi connectivity index (χ3n) is 4.57. The highest BCUT2D eigenvalue weighted by atomic mass is 16.5. The van der Waals surface area contributed by atoms with E-state index < -0.39 is 0 Å². The lowest BCUT2D eigenvalue weighted by atomic mass is 9.92. The first kappa shape index (κ1) is 13.0. The van der Waals surface area contributed by atoms with Gasteiger partial charge in [-0.15, -0.1) is 15.3 Å². The maximum absolute atomic E-state index is 5.60. The normalized spacial score (nSPS) is 26.1. The Morgan fingerprint density at radius 1 is 1.14 bits per heavy atom. The van der Waals surface area contributed by atoms with Crippen molar-refractivity contribution in [1.82, 2.24) is 19.8 Å². The van der Waals surface area contributed by atoms with Crippen LogP contribution in [0.5, 0.6) is 0 Å². The van der Waals surface area contributed by atoms with Crippen LogP contribution in [0.4, 0.5) is 5.82 Å². The van der Waals surface area contributed by atoms with Gasteiger partial charge in [-0.1, -0.05) is 12.8 Å². The molecule has 0 saturated heterocycles. The van der Waals surface area contributed by atoms with E-state index in [1.807, 2.05) is 16.6 Å². The first-order valence-corrected chi connectivity index (χ1v) is 7.87. The summed E-state index contributed by atoms with van der Waals surface area (Å²) in [5.74, 6) is 2.43. The zero-order chi connectivity index (χ0) is 14.2. The molecule has 0 amide bonds. The maximum Gasteiger partial charge on any atom is 0.178 e. The SMILES string of the molecule is CO[C@@H]1CCCC[C@H]1Nc1ccc2nnc(C3CC3)n2n1. The van der Waals surface area contributed by atoms with Crippen LogP contribution >= 0.6 is 0 Å². The van der Waals surface area contributed by atoms with Crippen molar-refractivity contribution in [2.75, 3.05) is 12.4 Å². The van der Waals surface area contributed by atoms with Gasteiger partial charge in [-0.25, -0.2) is 0 Å². The average Bonchev–Trinajstić information content (AvgIpc) is 3.28. The van der Waals surface area contributed by atoms with Gasteiger partial charge in [-0.05, 0) is 37.8 Å². The molecule has 2 atom stereocenters. The summed E-state index contributed by atoms with van der Waals surface area (Å²) in [5, 5.41) is 16.7. The quantitative estimate of drug-likeness (QED) is 0.935. The van der Waals surface area contributed by atoms with E-state index in [-0.39, 0.29) is 6.10 Å². The topological polar surface area (TPSA) is 64.3 Å². The summed E-state index contributed by atoms with van der Waals surface area (Å²) in [6.07, 6.45) is 7.44. The molecule has 112 valence electrons. The van der Waals surface area contributed by atoms with Crippen molar-refractivity contribution in [1.29, 1.82) is 0 Å². The largest absolute Gasteiger partial charge is 0.379 e. The van der Waals surface area contributed by atoms with E-state index in [1.165, 1.54) is 25.7 Å². The molecule has 6 heteroatoms. The zero-order valence-electron chi connectivity index (χ0n) is 12.3. The predicted molar refractivity (Wildman–Crippen MR) is 79.4 cm³/mol. The van der Waals surface area contributed by atoms with Gasteiger partial charge in [0, 0.05) is 13.0 Å². The van der Waals surface area contributed by atoms with Crippen molar-refractivity contribution in [2.45, 2.75) is 56.6 Å². The summed E-state index contributed by atoms with van der Waals surface area (Å²) in [6, 6.07) is 4.32. The van der Waals surface area contributed by atoms with Gasteiger partial charge in [-0.3, -0.25) is 0 Å². The first-order chi connectivity index (χ1) is 10.3. The Labute approximate surface area is 123 Å². The van der Waals surface area contributed by atoms with Gasteiger partial charge in [-0.2, -0.15) is 4.52 Å². The van der Waals surface area contributed by atoms with Crippen LogP contribution in [0.2, 0.25) is 0 Å². The highest BCUT2D eigenvalue weighted by Crippen LogP contribution is 2.38. The summed E-state index contributed by atoms with van der Waals surface area (Å²) in [7, 11) is 1.80. The fraction of sp³-hybridized carbons (Fsp3) is 0.667. The second-order valence-electron chi connectivity index (χ2n) is 6.13. The van der Waals surface area contributed by atoms with Crippen LogP contribution in [0.1, 0.15) is 50.3 Å². The summed E-state index contributed by atoms with van der Waals surface area (Å²) in [5.41, 5.74) is 0.828. The number of hydrogen-bond donors (Lipinski definition) is 1. The Bertz CT molecular complexity index is 636. The minimum absolute atomic E-state index is 0.278. The summed E-state index contributed by atoms with van der Waals surface area (Å²) >= 11 is 0. The summed E-state index contributed by atoms with van der Waals surface area (Å²) in [4.78, 5) is 0. The molecule has 0 bridgehead atoms. The van der Waals surface area contributed by atoms with E-state index >= 15 is 0 Å². The van der Waals surface area contributed by atoms with Crippen molar-refractivity contribution < 1.29 is 4.74 Å². The Morgan fingerprint density at radius 2 is 2.00 bits per heavy atom. The van der Waals surface area contributed by atoms with Crippen molar-refractivity contribution in [2.24, 2.45) is 0 Å². The highest BCUT2D eigenvalue weighted by molar-refractivity contribution is 5.45. The number of nitrogens with one attached hydrogen (secondary N) is 1. The van der Waals surface area contributed by atoms with Crippen molar-refractivity contribution >= 4 is 11.5 Å². The van der Waals surface area contributed by atoms with E-state index in [9.17, 15) is 0 Å². The van der Waals surface area contributed by atoms with Gasteiger partial charge in [0.2, 0.25) is 0 Å². The van der Waals surface area contributed by atoms with Crippen LogP contribution < -0.4 is 5.32 Å². The molecular formula is C15H21N5O. The van der Waals surface area contributed by atoms with E-state index in [0.29, 0.717) is 12.0 Å². The molecule has 2 aromatic heterocycles. The van der Waals surface area contributed by atoms with Gasteiger partial charge >= 0.3 is 0 Å². The predicted octanol–water partition coefficient (Wildman–Crippen LogP) is 2.37. The average molecular weight is 287 g/mol. The molecule has 0 unspecified atom stereocenters. The maximum atomic E-state index is 5.60. The lowest BCUT2D eigenvalue weighted by Gasteiger charge is -2.31. The fourth-order valence-corrected chi connectivity index (χ4v) is 3.21. The van der Waals surface area contributed by atoms with Gasteiger partial charge in [0.05, 0.1) is 12.1 Å². The minimum Gasteiger partial charge on any atom is -0.379 e. The molecule has 21 heavy (non-hydrogen) atoms. The smallest absolute Gasteiger partial charge is 0.178 e. The molecule has 0 radical (unpaired) electrons. The van der Waals surface area contributed by atoms with E-state index in [1.54, 1.807) is 7.11 Å². The van der Waals surface area contributed by atoms with Crippen molar-refractivity contribution in [3.8, 4) is 0 Å². The lowest BCUT2D eigenvalue weighted by Crippen LogP contribution is -2.38. The second-order valence-corrected chi connectivity index (χ2v) is 6.13. The number of aromatic nitrogens is 4. The molecule has 1 N–H and O–H groups in total. The molecule has 4 rings (SSSR count). The summed E-state index contributed by atoms with van der Waals surface area (Å²) in [6.45, 7) is 0. The Morgan fingerprint density at radius 3 is 2.81 bits per heavy atom. The molecule has 6 nitrogen and oxygen atoms in total. The first-order valence-electron chi connectivity index (χ1n) is 7.87. The molecule has 0 aliphatic heterocycles. The van der Waals surface area contributed by atoms with Crippen LogP contribution in [0, 0.1) is 0 Å². The van der Waals surface area contributed by atoms with Gasteiger partial charge in [0.25, 0.3) is 0 Å². The molecule has 2 aliphatic rings. The fourth-order valence-electron chi connectivity index (χ4n) is 3.21. The monoisotopic (exact) mass is 287 g/mol. The molecule has 0 spiro atoms. The zero-order valence-corrected chi connectivity index (χ0v) is 12.3. The van der Waals surface area contributed by atoms with Crippen LogP contribution in [-0.4, -0.2) is 39.1 Å². The van der Waals surface area contributed by atoms with Crippen LogP contribution in [-0.2, 0) is 4.74 Å². The number of rotatable bonds is 4. The molecule has 2 fully saturated rings.